The minimum Gasteiger partial charge on any atom is -0.462 e. The SMILES string of the molecule is CC(C)COC(=O)c1ccc(C(=O)OCC(C)C)c(C(=O)OCC(C)C)c1C(=O)OCC(C)C. The molecule has 0 saturated carbocycles. The fourth-order valence-electron chi connectivity index (χ4n) is 2.64. The third kappa shape index (κ3) is 9.15. The van der Waals surface area contributed by atoms with Crippen LogP contribution in [-0.4, -0.2) is 50.3 Å². The van der Waals surface area contributed by atoms with E-state index in [4.69, 9.17) is 18.9 Å². The van der Waals surface area contributed by atoms with E-state index < -0.39 is 23.9 Å². The normalized spacial score (nSPS) is 11.2. The van der Waals surface area contributed by atoms with E-state index >= 15 is 0 Å². The molecule has 0 amide bonds. The summed E-state index contributed by atoms with van der Waals surface area (Å²) in [5.74, 6) is -3.30. The maximum absolute atomic E-state index is 13.1. The number of hydrogen-bond acceptors (Lipinski definition) is 8. The molecular weight excluding hydrogens is 440 g/mol. The van der Waals surface area contributed by atoms with E-state index in [-0.39, 0.29) is 72.4 Å². The van der Waals surface area contributed by atoms with Crippen molar-refractivity contribution < 1.29 is 38.1 Å². The van der Waals surface area contributed by atoms with Gasteiger partial charge in [-0.3, -0.25) is 0 Å². The summed E-state index contributed by atoms with van der Waals surface area (Å²) in [5.41, 5.74) is -1.07. The van der Waals surface area contributed by atoms with Crippen LogP contribution in [0.1, 0.15) is 96.8 Å². The van der Waals surface area contributed by atoms with Crippen molar-refractivity contribution in [3.63, 3.8) is 0 Å². The molecule has 8 nitrogen and oxygen atoms in total. The molecule has 0 unspecified atom stereocenters. The van der Waals surface area contributed by atoms with Crippen molar-refractivity contribution in [2.24, 2.45) is 23.7 Å². The summed E-state index contributed by atoms with van der Waals surface area (Å²) in [6.45, 7) is 15.2. The second kappa shape index (κ2) is 13.7. The molecule has 0 aromatic heterocycles. The van der Waals surface area contributed by atoms with Crippen LogP contribution in [-0.2, 0) is 18.9 Å². The van der Waals surface area contributed by atoms with Crippen molar-refractivity contribution in [1.29, 1.82) is 0 Å². The summed E-state index contributed by atoms with van der Waals surface area (Å²) < 4.78 is 21.3. The Labute approximate surface area is 202 Å². The second-order valence-electron chi connectivity index (χ2n) is 9.88. The van der Waals surface area contributed by atoms with Crippen LogP contribution < -0.4 is 0 Å². The highest BCUT2D eigenvalue weighted by Crippen LogP contribution is 2.25. The Morgan fingerprint density at radius 1 is 0.500 bits per heavy atom. The van der Waals surface area contributed by atoms with Gasteiger partial charge in [0.1, 0.15) is 0 Å². The lowest BCUT2D eigenvalue weighted by atomic mass is 9.95. The smallest absolute Gasteiger partial charge is 0.339 e. The molecule has 0 spiro atoms. The van der Waals surface area contributed by atoms with Gasteiger partial charge in [-0.05, 0) is 35.8 Å². The van der Waals surface area contributed by atoms with Crippen LogP contribution in [0.25, 0.3) is 0 Å². The third-order valence-corrected chi connectivity index (χ3v) is 4.24. The molecule has 1 aromatic carbocycles. The monoisotopic (exact) mass is 478 g/mol. The highest BCUT2D eigenvalue weighted by atomic mass is 16.5. The van der Waals surface area contributed by atoms with Crippen molar-refractivity contribution in [3.8, 4) is 0 Å². The summed E-state index contributed by atoms with van der Waals surface area (Å²) >= 11 is 0. The van der Waals surface area contributed by atoms with E-state index in [0.717, 1.165) is 0 Å². The van der Waals surface area contributed by atoms with Gasteiger partial charge in [0.05, 0.1) is 48.7 Å². The molecule has 0 N–H and O–H groups in total. The molecule has 0 aliphatic rings. The first-order chi connectivity index (χ1) is 15.8. The molecule has 0 saturated heterocycles. The first-order valence-electron chi connectivity index (χ1n) is 11.7. The molecule has 1 aromatic rings. The number of rotatable bonds is 12. The summed E-state index contributed by atoms with van der Waals surface area (Å²) in [4.78, 5) is 52.0. The number of esters is 4. The Kier molecular flexibility index (Phi) is 11.8. The van der Waals surface area contributed by atoms with E-state index in [1.54, 1.807) is 0 Å². The largest absolute Gasteiger partial charge is 0.462 e. The fourth-order valence-corrected chi connectivity index (χ4v) is 2.64. The number of carbonyl (C=O) groups is 4. The van der Waals surface area contributed by atoms with Gasteiger partial charge >= 0.3 is 23.9 Å². The van der Waals surface area contributed by atoms with Gasteiger partial charge in [0.25, 0.3) is 0 Å². The molecular formula is C26H38O8. The molecule has 0 aliphatic carbocycles. The first kappa shape index (κ1) is 29.1. The summed E-state index contributed by atoms with van der Waals surface area (Å²) in [7, 11) is 0. The van der Waals surface area contributed by atoms with E-state index in [1.807, 2.05) is 55.4 Å². The van der Waals surface area contributed by atoms with E-state index in [9.17, 15) is 19.2 Å². The van der Waals surface area contributed by atoms with E-state index in [1.165, 1.54) is 12.1 Å². The maximum Gasteiger partial charge on any atom is 0.339 e. The molecule has 0 fully saturated rings. The van der Waals surface area contributed by atoms with Crippen molar-refractivity contribution in [2.75, 3.05) is 26.4 Å². The number of benzene rings is 1. The van der Waals surface area contributed by atoms with Gasteiger partial charge in [-0.1, -0.05) is 55.4 Å². The van der Waals surface area contributed by atoms with Gasteiger partial charge in [0.2, 0.25) is 0 Å². The number of ether oxygens (including phenoxy) is 4. The van der Waals surface area contributed by atoms with Gasteiger partial charge in [-0.25, -0.2) is 19.2 Å². The summed E-state index contributed by atoms with van der Waals surface area (Å²) in [6.07, 6.45) is 0. The Bertz CT molecular complexity index is 797. The standard InChI is InChI=1S/C26H38O8/c1-15(2)11-31-23(27)19-9-10-20(24(28)32-12-16(3)4)22(26(30)34-14-18(7)8)21(19)25(29)33-13-17(5)6/h9-10,15-18H,11-14H2,1-8H3. The second-order valence-corrected chi connectivity index (χ2v) is 9.88. The number of carbonyl (C=O) groups excluding carboxylic acids is 4. The highest BCUT2D eigenvalue weighted by Gasteiger charge is 2.33. The third-order valence-electron chi connectivity index (χ3n) is 4.24. The Morgan fingerprint density at radius 2 is 0.735 bits per heavy atom. The Morgan fingerprint density at radius 3 is 0.971 bits per heavy atom. The van der Waals surface area contributed by atoms with Crippen LogP contribution >= 0.6 is 0 Å². The van der Waals surface area contributed by atoms with Crippen LogP contribution in [0, 0.1) is 23.7 Å². The fraction of sp³-hybridized carbons (Fsp3) is 0.615. The molecule has 0 aliphatic heterocycles. The van der Waals surface area contributed by atoms with Crippen molar-refractivity contribution >= 4 is 23.9 Å². The van der Waals surface area contributed by atoms with Crippen LogP contribution in [0.15, 0.2) is 12.1 Å². The predicted octanol–water partition coefficient (Wildman–Crippen LogP) is 4.94. The zero-order valence-electron chi connectivity index (χ0n) is 21.6. The molecule has 34 heavy (non-hydrogen) atoms. The topological polar surface area (TPSA) is 105 Å². The Hall–Kier alpha value is -2.90. The minimum atomic E-state index is -0.916. The van der Waals surface area contributed by atoms with Gasteiger partial charge in [-0.2, -0.15) is 0 Å². The molecule has 0 atom stereocenters. The average Bonchev–Trinajstić information content (AvgIpc) is 2.76. The summed E-state index contributed by atoms with van der Waals surface area (Å²) in [6, 6.07) is 2.56. The van der Waals surface area contributed by atoms with Crippen LogP contribution in [0.5, 0.6) is 0 Å². The lowest BCUT2D eigenvalue weighted by Gasteiger charge is -2.18. The Balaban J connectivity index is 3.67. The van der Waals surface area contributed by atoms with Crippen LogP contribution in [0.3, 0.4) is 0 Å². The average molecular weight is 479 g/mol. The van der Waals surface area contributed by atoms with Crippen LogP contribution in [0.4, 0.5) is 0 Å². The van der Waals surface area contributed by atoms with Crippen molar-refractivity contribution in [1.82, 2.24) is 0 Å². The van der Waals surface area contributed by atoms with Gasteiger partial charge in [0, 0.05) is 0 Å². The number of hydrogen-bond donors (Lipinski definition) is 0. The minimum absolute atomic E-state index is 0.0100. The quantitative estimate of drug-likeness (QED) is 0.307. The zero-order chi connectivity index (χ0) is 26.0. The van der Waals surface area contributed by atoms with Crippen molar-refractivity contribution in [3.05, 3.63) is 34.4 Å². The first-order valence-corrected chi connectivity index (χ1v) is 11.7. The molecule has 0 radical (unpaired) electrons. The molecule has 0 bridgehead atoms. The predicted molar refractivity (Wildman–Crippen MR) is 127 cm³/mol. The van der Waals surface area contributed by atoms with Crippen LogP contribution in [0.2, 0.25) is 0 Å². The van der Waals surface area contributed by atoms with E-state index in [0.29, 0.717) is 0 Å². The van der Waals surface area contributed by atoms with Gasteiger partial charge in [-0.15, -0.1) is 0 Å². The van der Waals surface area contributed by atoms with Gasteiger partial charge < -0.3 is 18.9 Å². The van der Waals surface area contributed by atoms with E-state index in [2.05, 4.69) is 0 Å². The molecule has 1 rings (SSSR count). The lowest BCUT2D eigenvalue weighted by Crippen LogP contribution is -2.25. The lowest BCUT2D eigenvalue weighted by molar-refractivity contribution is 0.0377. The van der Waals surface area contributed by atoms with Gasteiger partial charge in [0.15, 0.2) is 0 Å². The maximum atomic E-state index is 13.1. The zero-order valence-corrected chi connectivity index (χ0v) is 21.6. The highest BCUT2D eigenvalue weighted by molar-refractivity contribution is 6.15. The molecule has 0 heterocycles. The molecule has 190 valence electrons. The molecule has 8 heteroatoms. The van der Waals surface area contributed by atoms with Crippen molar-refractivity contribution in [2.45, 2.75) is 55.4 Å². The summed E-state index contributed by atoms with van der Waals surface area (Å²) in [5, 5.41) is 0.